The predicted octanol–water partition coefficient (Wildman–Crippen LogP) is 5.97. The van der Waals surface area contributed by atoms with Gasteiger partial charge in [0, 0.05) is 44.5 Å². The first kappa shape index (κ1) is 35.0. The average molecular weight is 630 g/mol. The number of amides is 2. The lowest BCUT2D eigenvalue weighted by molar-refractivity contribution is -0.252. The molecule has 2 amide bonds. The van der Waals surface area contributed by atoms with Gasteiger partial charge in [-0.2, -0.15) is 0 Å². The highest BCUT2D eigenvalue weighted by Crippen LogP contribution is 2.39. The standard InChI is InChI=1S/C37H47N3O6/c1-3-20-40(2)25-33-23-34(29-18-16-27(26-41)17-19-29)46-37(45-33)32-13-9-12-31(22-32)30-11-8-10-28(21-30)24-38-35(42)14-6-4-5-7-15-36(43)39-44/h3,8-13,16-19,21-22,33-34,37,41,44H,1,4-7,14-15,20,23-26H2,2H3,(H,38,42)(H,39,43)/t33-,34+,37+/m1/s1. The number of carbonyl (C=O) groups excluding carboxylic acids is 2. The molecule has 46 heavy (non-hydrogen) atoms. The lowest BCUT2D eigenvalue weighted by Gasteiger charge is -2.37. The van der Waals surface area contributed by atoms with Crippen LogP contribution < -0.4 is 10.8 Å². The van der Waals surface area contributed by atoms with Crippen LogP contribution in [-0.4, -0.2) is 53.3 Å². The Bertz CT molecular complexity index is 1410. The smallest absolute Gasteiger partial charge is 0.243 e. The highest BCUT2D eigenvalue weighted by atomic mass is 16.7. The number of likely N-dealkylation sites (N-methyl/N-ethyl adjacent to an activating group) is 1. The Balaban J connectivity index is 1.39. The number of nitrogens with one attached hydrogen (secondary N) is 2. The first-order valence-corrected chi connectivity index (χ1v) is 16.1. The van der Waals surface area contributed by atoms with Crippen molar-refractivity contribution in [3.63, 3.8) is 0 Å². The minimum absolute atomic E-state index is 0.000872. The monoisotopic (exact) mass is 629 g/mol. The van der Waals surface area contributed by atoms with E-state index in [1.165, 1.54) is 0 Å². The maximum absolute atomic E-state index is 12.4. The van der Waals surface area contributed by atoms with Gasteiger partial charge < -0.3 is 24.8 Å². The fourth-order valence-corrected chi connectivity index (χ4v) is 5.67. The zero-order chi connectivity index (χ0) is 32.7. The van der Waals surface area contributed by atoms with Crippen molar-refractivity contribution in [1.29, 1.82) is 0 Å². The Morgan fingerprint density at radius 1 is 0.891 bits per heavy atom. The van der Waals surface area contributed by atoms with Gasteiger partial charge in [-0.25, -0.2) is 5.48 Å². The summed E-state index contributed by atoms with van der Waals surface area (Å²) in [5.74, 6) is -0.380. The van der Waals surface area contributed by atoms with Crippen LogP contribution in [0, 0.1) is 0 Å². The molecule has 4 rings (SSSR count). The molecular formula is C37H47N3O6. The summed E-state index contributed by atoms with van der Waals surface area (Å²) in [5, 5.41) is 21.0. The van der Waals surface area contributed by atoms with E-state index in [1.807, 2.05) is 54.6 Å². The van der Waals surface area contributed by atoms with Crippen molar-refractivity contribution in [3.8, 4) is 11.1 Å². The topological polar surface area (TPSA) is 120 Å². The van der Waals surface area contributed by atoms with Gasteiger partial charge in [0.15, 0.2) is 6.29 Å². The van der Waals surface area contributed by atoms with Crippen LogP contribution in [0.4, 0.5) is 0 Å². The minimum Gasteiger partial charge on any atom is -0.392 e. The van der Waals surface area contributed by atoms with Crippen LogP contribution in [0.2, 0.25) is 0 Å². The van der Waals surface area contributed by atoms with Crippen molar-refractivity contribution in [2.45, 2.75) is 76.6 Å². The van der Waals surface area contributed by atoms with Crippen molar-refractivity contribution in [2.75, 3.05) is 20.1 Å². The maximum Gasteiger partial charge on any atom is 0.243 e. The molecule has 1 saturated heterocycles. The second-order valence-corrected chi connectivity index (χ2v) is 11.9. The van der Waals surface area contributed by atoms with E-state index < -0.39 is 6.29 Å². The Morgan fingerprint density at radius 3 is 2.28 bits per heavy atom. The van der Waals surface area contributed by atoms with E-state index in [2.05, 4.69) is 48.1 Å². The number of nitrogens with zero attached hydrogens (tertiary/aromatic N) is 1. The number of benzene rings is 3. The first-order valence-electron chi connectivity index (χ1n) is 16.1. The molecule has 4 N–H and O–H groups in total. The zero-order valence-corrected chi connectivity index (χ0v) is 26.7. The highest BCUT2D eigenvalue weighted by molar-refractivity contribution is 5.76. The molecular weight excluding hydrogens is 582 g/mol. The summed E-state index contributed by atoms with van der Waals surface area (Å²) in [6.07, 6.45) is 5.72. The van der Waals surface area contributed by atoms with Gasteiger partial charge in [-0.05, 0) is 59.8 Å². The van der Waals surface area contributed by atoms with E-state index in [0.29, 0.717) is 25.8 Å². The van der Waals surface area contributed by atoms with E-state index in [4.69, 9.17) is 14.7 Å². The van der Waals surface area contributed by atoms with E-state index in [0.717, 1.165) is 65.7 Å². The fourth-order valence-electron chi connectivity index (χ4n) is 5.67. The quantitative estimate of drug-likeness (QED) is 0.0629. The normalized spacial score (nSPS) is 17.9. The van der Waals surface area contributed by atoms with Gasteiger partial charge in [-0.3, -0.25) is 14.8 Å². The van der Waals surface area contributed by atoms with Crippen molar-refractivity contribution < 1.29 is 29.4 Å². The lowest BCUT2D eigenvalue weighted by Crippen LogP contribution is -2.37. The number of unbranched alkanes of at least 4 members (excludes halogenated alkanes) is 3. The van der Waals surface area contributed by atoms with Crippen molar-refractivity contribution in [2.24, 2.45) is 0 Å². The molecule has 0 unspecified atom stereocenters. The van der Waals surface area contributed by atoms with Gasteiger partial charge in [0.25, 0.3) is 0 Å². The SMILES string of the molecule is C=CCN(C)C[C@H]1C[C@@H](c2ccc(CO)cc2)O[C@@H](c2cccc(-c3cccc(CNC(=O)CCCCCCC(=O)NO)c3)c2)O1. The summed E-state index contributed by atoms with van der Waals surface area (Å²) >= 11 is 0. The van der Waals surface area contributed by atoms with Crippen LogP contribution in [0.15, 0.2) is 85.5 Å². The summed E-state index contributed by atoms with van der Waals surface area (Å²) in [4.78, 5) is 25.7. The molecule has 0 radical (unpaired) electrons. The second-order valence-electron chi connectivity index (χ2n) is 11.9. The Hall–Kier alpha value is -3.86. The van der Waals surface area contributed by atoms with E-state index >= 15 is 0 Å². The van der Waals surface area contributed by atoms with Gasteiger partial charge in [0.1, 0.15) is 0 Å². The van der Waals surface area contributed by atoms with Gasteiger partial charge in [0.05, 0.1) is 18.8 Å². The Labute approximate surface area is 272 Å². The third-order valence-corrected chi connectivity index (χ3v) is 8.16. The van der Waals surface area contributed by atoms with Gasteiger partial charge in [-0.1, -0.05) is 79.6 Å². The average Bonchev–Trinajstić information content (AvgIpc) is 3.09. The number of hydroxylamine groups is 1. The molecule has 9 nitrogen and oxygen atoms in total. The summed E-state index contributed by atoms with van der Waals surface area (Å²) < 4.78 is 13.1. The maximum atomic E-state index is 12.4. The molecule has 1 aliphatic rings. The van der Waals surface area contributed by atoms with Crippen LogP contribution >= 0.6 is 0 Å². The number of aliphatic hydroxyl groups is 1. The van der Waals surface area contributed by atoms with Crippen molar-refractivity contribution in [3.05, 3.63) is 108 Å². The fraction of sp³-hybridized carbons (Fsp3) is 0.405. The molecule has 3 atom stereocenters. The van der Waals surface area contributed by atoms with Crippen LogP contribution in [0.1, 0.15) is 79.6 Å². The molecule has 246 valence electrons. The lowest BCUT2D eigenvalue weighted by atomic mass is 9.98. The van der Waals surface area contributed by atoms with Crippen LogP contribution in [0.5, 0.6) is 0 Å². The third kappa shape index (κ3) is 10.9. The number of hydrogen-bond acceptors (Lipinski definition) is 7. The first-order chi connectivity index (χ1) is 22.4. The molecule has 0 bridgehead atoms. The van der Waals surface area contributed by atoms with Gasteiger partial charge in [-0.15, -0.1) is 6.58 Å². The molecule has 0 aromatic heterocycles. The Morgan fingerprint density at radius 2 is 1.59 bits per heavy atom. The Kier molecular flexibility index (Phi) is 13.9. The molecule has 1 aliphatic heterocycles. The molecule has 0 aliphatic carbocycles. The predicted molar refractivity (Wildman–Crippen MR) is 177 cm³/mol. The molecule has 9 heteroatoms. The van der Waals surface area contributed by atoms with Gasteiger partial charge >= 0.3 is 0 Å². The molecule has 1 fully saturated rings. The molecule has 3 aromatic carbocycles. The molecule has 1 heterocycles. The van der Waals surface area contributed by atoms with Crippen LogP contribution in [-0.2, 0) is 32.2 Å². The number of carbonyl (C=O) groups is 2. The third-order valence-electron chi connectivity index (χ3n) is 8.16. The summed E-state index contributed by atoms with van der Waals surface area (Å²) in [5.41, 5.74) is 7.56. The van der Waals surface area contributed by atoms with E-state index in [1.54, 1.807) is 5.48 Å². The minimum atomic E-state index is -0.548. The molecule has 0 spiro atoms. The summed E-state index contributed by atoms with van der Waals surface area (Å²) in [7, 11) is 2.06. The largest absolute Gasteiger partial charge is 0.392 e. The van der Waals surface area contributed by atoms with E-state index in [-0.39, 0.29) is 37.0 Å². The number of hydrogen-bond donors (Lipinski definition) is 4. The summed E-state index contributed by atoms with van der Waals surface area (Å²) in [6, 6.07) is 24.3. The number of ether oxygens (including phenoxy) is 2. The van der Waals surface area contributed by atoms with Crippen LogP contribution in [0.25, 0.3) is 11.1 Å². The molecule has 0 saturated carbocycles. The highest BCUT2D eigenvalue weighted by Gasteiger charge is 2.32. The van der Waals surface area contributed by atoms with Crippen molar-refractivity contribution >= 4 is 11.8 Å². The zero-order valence-electron chi connectivity index (χ0n) is 26.7. The number of rotatable bonds is 17. The summed E-state index contributed by atoms with van der Waals surface area (Å²) in [6.45, 7) is 5.81. The van der Waals surface area contributed by atoms with Gasteiger partial charge in [0.2, 0.25) is 11.8 Å². The van der Waals surface area contributed by atoms with E-state index in [9.17, 15) is 14.7 Å². The second kappa shape index (κ2) is 18.3. The van der Waals surface area contributed by atoms with Crippen LogP contribution in [0.3, 0.4) is 0 Å². The molecule has 3 aromatic rings. The number of aliphatic hydroxyl groups excluding tert-OH is 1. The van der Waals surface area contributed by atoms with Crippen molar-refractivity contribution in [1.82, 2.24) is 15.7 Å².